The Balaban J connectivity index is 2.31. The molecule has 4 nitrogen and oxygen atoms in total. The Labute approximate surface area is 120 Å². The average molecular weight is 287 g/mol. The molecule has 0 radical (unpaired) electrons. The van der Waals surface area contributed by atoms with Crippen LogP contribution in [0.3, 0.4) is 0 Å². The highest BCUT2D eigenvalue weighted by atomic mass is 35.5. The predicted octanol–water partition coefficient (Wildman–Crippen LogP) is 3.47. The summed E-state index contributed by atoms with van der Waals surface area (Å²) in [6.07, 6.45) is 1.57. The number of fused-ring (bicyclic) bond motifs is 1. The molecule has 2 heterocycles. The van der Waals surface area contributed by atoms with E-state index in [-0.39, 0.29) is 0 Å². The number of nitrogens with zero attached hydrogens (tertiary/aromatic N) is 2. The third-order valence-electron chi connectivity index (χ3n) is 3.08. The number of rotatable bonds is 2. The number of hydrogen-bond acceptors (Lipinski definition) is 3. The third-order valence-corrected chi connectivity index (χ3v) is 3.36. The number of ether oxygens (including phenoxy) is 1. The first-order valence-corrected chi connectivity index (χ1v) is 6.40. The largest absolute Gasteiger partial charge is 0.465 e. The molecule has 3 rings (SSSR count). The van der Waals surface area contributed by atoms with Crippen LogP contribution in [0.25, 0.3) is 16.7 Å². The van der Waals surface area contributed by atoms with E-state index in [1.54, 1.807) is 22.9 Å². The van der Waals surface area contributed by atoms with Crippen molar-refractivity contribution in [2.75, 3.05) is 7.11 Å². The van der Waals surface area contributed by atoms with Crippen LogP contribution in [-0.2, 0) is 4.74 Å². The van der Waals surface area contributed by atoms with E-state index in [1.807, 2.05) is 30.3 Å². The van der Waals surface area contributed by atoms with Crippen molar-refractivity contribution >= 4 is 28.6 Å². The standard InChI is InChI=1S/C15H11ClN2O2/c1-20-15(19)11-7-8-17-14-12(11)9-13(16)18(14)10-5-3-2-4-6-10/h2-9H,1H3. The fraction of sp³-hybridized carbons (Fsp3) is 0.0667. The molecule has 0 N–H and O–H groups in total. The molecule has 0 saturated carbocycles. The lowest BCUT2D eigenvalue weighted by Gasteiger charge is -2.06. The van der Waals surface area contributed by atoms with Crippen LogP contribution in [0.5, 0.6) is 0 Å². The first-order valence-electron chi connectivity index (χ1n) is 6.02. The summed E-state index contributed by atoms with van der Waals surface area (Å²) < 4.78 is 6.58. The van der Waals surface area contributed by atoms with Gasteiger partial charge in [0.15, 0.2) is 0 Å². The molecule has 0 fully saturated rings. The SMILES string of the molecule is COC(=O)c1ccnc2c1cc(Cl)n2-c1ccccc1. The van der Waals surface area contributed by atoms with Crippen LogP contribution in [0.2, 0.25) is 5.15 Å². The molecule has 1 aromatic carbocycles. The number of methoxy groups -OCH3 is 1. The molecule has 0 spiro atoms. The lowest BCUT2D eigenvalue weighted by atomic mass is 10.2. The van der Waals surface area contributed by atoms with Gasteiger partial charge in [-0.2, -0.15) is 0 Å². The van der Waals surface area contributed by atoms with Gasteiger partial charge >= 0.3 is 5.97 Å². The average Bonchev–Trinajstić information content (AvgIpc) is 2.83. The minimum absolute atomic E-state index is 0.403. The molecule has 5 heteroatoms. The highest BCUT2D eigenvalue weighted by Crippen LogP contribution is 2.28. The first kappa shape index (κ1) is 12.7. The number of pyridine rings is 1. The molecule has 100 valence electrons. The van der Waals surface area contributed by atoms with Crippen molar-refractivity contribution in [3.05, 3.63) is 59.4 Å². The van der Waals surface area contributed by atoms with Crippen molar-refractivity contribution in [3.8, 4) is 5.69 Å². The number of aromatic nitrogens is 2. The molecule has 0 aliphatic carbocycles. The summed E-state index contributed by atoms with van der Waals surface area (Å²) >= 11 is 6.29. The summed E-state index contributed by atoms with van der Waals surface area (Å²) in [6.45, 7) is 0. The Kier molecular flexibility index (Phi) is 3.16. The maximum atomic E-state index is 11.8. The van der Waals surface area contributed by atoms with Gasteiger partial charge in [-0.25, -0.2) is 9.78 Å². The normalized spacial score (nSPS) is 10.7. The van der Waals surface area contributed by atoms with Crippen molar-refractivity contribution in [1.29, 1.82) is 0 Å². The molecule has 20 heavy (non-hydrogen) atoms. The van der Waals surface area contributed by atoms with Gasteiger partial charge in [0.05, 0.1) is 12.7 Å². The van der Waals surface area contributed by atoms with Crippen LogP contribution in [0.15, 0.2) is 48.7 Å². The zero-order valence-corrected chi connectivity index (χ0v) is 11.5. The third kappa shape index (κ3) is 1.94. The topological polar surface area (TPSA) is 44.1 Å². The maximum Gasteiger partial charge on any atom is 0.338 e. The first-order chi connectivity index (χ1) is 9.72. The van der Waals surface area contributed by atoms with Crippen molar-refractivity contribution in [1.82, 2.24) is 9.55 Å². The van der Waals surface area contributed by atoms with Crippen LogP contribution in [-0.4, -0.2) is 22.6 Å². The minimum atomic E-state index is -0.403. The van der Waals surface area contributed by atoms with Gasteiger partial charge in [0.25, 0.3) is 0 Å². The lowest BCUT2D eigenvalue weighted by Crippen LogP contribution is -2.02. The Morgan fingerprint density at radius 2 is 2.00 bits per heavy atom. The second-order valence-electron chi connectivity index (χ2n) is 4.23. The molecule has 2 aromatic heterocycles. The lowest BCUT2D eigenvalue weighted by molar-refractivity contribution is 0.0603. The van der Waals surface area contributed by atoms with Crippen LogP contribution in [0.4, 0.5) is 0 Å². The zero-order valence-electron chi connectivity index (χ0n) is 10.7. The van der Waals surface area contributed by atoms with Gasteiger partial charge in [-0.3, -0.25) is 4.57 Å². The van der Waals surface area contributed by atoms with Gasteiger partial charge in [-0.15, -0.1) is 0 Å². The molecule has 3 aromatic rings. The summed E-state index contributed by atoms with van der Waals surface area (Å²) in [5.41, 5.74) is 1.97. The van der Waals surface area contributed by atoms with Gasteiger partial charge in [-0.1, -0.05) is 29.8 Å². The monoisotopic (exact) mass is 286 g/mol. The fourth-order valence-electron chi connectivity index (χ4n) is 2.18. The molecular formula is C15H11ClN2O2. The Bertz CT molecular complexity index is 781. The van der Waals surface area contributed by atoms with Gasteiger partial charge in [-0.05, 0) is 24.3 Å². The van der Waals surface area contributed by atoms with E-state index < -0.39 is 5.97 Å². The molecular weight excluding hydrogens is 276 g/mol. The quantitative estimate of drug-likeness (QED) is 0.678. The van der Waals surface area contributed by atoms with Gasteiger partial charge in [0.2, 0.25) is 0 Å². The summed E-state index contributed by atoms with van der Waals surface area (Å²) in [5, 5.41) is 1.17. The molecule has 0 saturated heterocycles. The van der Waals surface area contributed by atoms with Crippen molar-refractivity contribution < 1.29 is 9.53 Å². The van der Waals surface area contributed by atoms with Crippen LogP contribution in [0.1, 0.15) is 10.4 Å². The molecule has 0 aliphatic heterocycles. The number of para-hydroxylation sites is 1. The summed E-state index contributed by atoms with van der Waals surface area (Å²) in [4.78, 5) is 16.1. The smallest absolute Gasteiger partial charge is 0.338 e. The fourth-order valence-corrected chi connectivity index (χ4v) is 2.46. The number of carbonyl (C=O) groups is 1. The van der Waals surface area contributed by atoms with Crippen molar-refractivity contribution in [2.24, 2.45) is 0 Å². The molecule has 0 bridgehead atoms. The van der Waals surface area contributed by atoms with E-state index in [9.17, 15) is 4.79 Å². The van der Waals surface area contributed by atoms with E-state index in [0.29, 0.717) is 21.7 Å². The van der Waals surface area contributed by atoms with Crippen LogP contribution in [0, 0.1) is 0 Å². The minimum Gasteiger partial charge on any atom is -0.465 e. The van der Waals surface area contributed by atoms with E-state index >= 15 is 0 Å². The highest BCUT2D eigenvalue weighted by Gasteiger charge is 2.17. The summed E-state index contributed by atoms with van der Waals surface area (Å²) in [6, 6.07) is 13.0. The molecule has 0 aliphatic rings. The molecule has 0 amide bonds. The van der Waals surface area contributed by atoms with E-state index in [4.69, 9.17) is 16.3 Å². The highest BCUT2D eigenvalue weighted by molar-refractivity contribution is 6.31. The summed E-state index contributed by atoms with van der Waals surface area (Å²) in [5.74, 6) is -0.403. The number of benzene rings is 1. The second kappa shape index (κ2) is 4.98. The van der Waals surface area contributed by atoms with Crippen LogP contribution >= 0.6 is 11.6 Å². The van der Waals surface area contributed by atoms with Crippen LogP contribution < -0.4 is 0 Å². The number of esters is 1. The van der Waals surface area contributed by atoms with Crippen molar-refractivity contribution in [2.45, 2.75) is 0 Å². The van der Waals surface area contributed by atoms with Crippen molar-refractivity contribution in [3.63, 3.8) is 0 Å². The van der Waals surface area contributed by atoms with E-state index in [1.165, 1.54) is 7.11 Å². The zero-order chi connectivity index (χ0) is 14.1. The molecule has 0 unspecified atom stereocenters. The second-order valence-corrected chi connectivity index (χ2v) is 4.61. The predicted molar refractivity (Wildman–Crippen MR) is 77.4 cm³/mol. The molecule has 0 atom stereocenters. The Morgan fingerprint density at radius 1 is 1.25 bits per heavy atom. The Hall–Kier alpha value is -2.33. The van der Waals surface area contributed by atoms with Gasteiger partial charge < -0.3 is 4.74 Å². The number of hydrogen-bond donors (Lipinski definition) is 0. The van der Waals surface area contributed by atoms with E-state index in [2.05, 4.69) is 4.98 Å². The Morgan fingerprint density at radius 3 is 2.70 bits per heavy atom. The van der Waals surface area contributed by atoms with E-state index in [0.717, 1.165) is 5.69 Å². The van der Waals surface area contributed by atoms with Gasteiger partial charge in [0, 0.05) is 17.3 Å². The number of carbonyl (C=O) groups excluding carboxylic acids is 1. The maximum absolute atomic E-state index is 11.8. The number of halogens is 1. The summed E-state index contributed by atoms with van der Waals surface area (Å²) in [7, 11) is 1.35. The van der Waals surface area contributed by atoms with Gasteiger partial charge in [0.1, 0.15) is 10.8 Å².